The Bertz CT molecular complexity index is 845. The van der Waals surface area contributed by atoms with Gasteiger partial charge in [-0.15, -0.1) is 24.0 Å². The van der Waals surface area contributed by atoms with Crippen LogP contribution in [0, 0.1) is 0 Å². The first-order valence-corrected chi connectivity index (χ1v) is 9.49. The fraction of sp³-hybridized carbons (Fsp3) is 0.333. The van der Waals surface area contributed by atoms with Gasteiger partial charge in [0.25, 0.3) is 0 Å². The highest BCUT2D eigenvalue weighted by Crippen LogP contribution is 2.25. The molecule has 29 heavy (non-hydrogen) atoms. The monoisotopic (exact) mass is 530 g/mol. The van der Waals surface area contributed by atoms with Crippen LogP contribution >= 0.6 is 35.6 Å². The molecule has 8 heteroatoms. The van der Waals surface area contributed by atoms with Gasteiger partial charge in [-0.3, -0.25) is 4.79 Å². The van der Waals surface area contributed by atoms with Crippen molar-refractivity contribution in [2.24, 2.45) is 4.99 Å². The second-order valence-corrected chi connectivity index (χ2v) is 6.81. The lowest BCUT2D eigenvalue weighted by atomic mass is 10.2. The molecule has 2 rings (SSSR count). The van der Waals surface area contributed by atoms with E-state index in [4.69, 9.17) is 21.3 Å². The van der Waals surface area contributed by atoms with Crippen LogP contribution in [-0.2, 0) is 17.9 Å². The first-order valence-electron chi connectivity index (χ1n) is 9.11. The zero-order valence-electron chi connectivity index (χ0n) is 17.2. The lowest BCUT2D eigenvalue weighted by molar-refractivity contribution is -0.114. The van der Waals surface area contributed by atoms with E-state index in [1.807, 2.05) is 61.3 Å². The highest BCUT2D eigenvalue weighted by Gasteiger charge is 2.09. The van der Waals surface area contributed by atoms with Gasteiger partial charge in [0.1, 0.15) is 5.75 Å². The minimum atomic E-state index is -0.145. The molecular weight excluding hydrogens is 503 g/mol. The SMILES string of the molecule is CCNC(=NCc1ccc(OC)c(NC(C)=O)c1)N(C)Cc1cccc(Cl)c1.I. The number of nitrogens with one attached hydrogen (secondary N) is 2. The number of amides is 1. The van der Waals surface area contributed by atoms with Gasteiger partial charge in [0.15, 0.2) is 5.96 Å². The van der Waals surface area contributed by atoms with Crippen molar-refractivity contribution in [1.82, 2.24) is 10.2 Å². The molecule has 0 aliphatic rings. The molecule has 6 nitrogen and oxygen atoms in total. The Kier molecular flexibility index (Phi) is 10.8. The van der Waals surface area contributed by atoms with Crippen molar-refractivity contribution in [3.05, 3.63) is 58.6 Å². The minimum Gasteiger partial charge on any atom is -0.495 e. The van der Waals surface area contributed by atoms with E-state index in [2.05, 4.69) is 10.6 Å². The number of halogens is 2. The summed E-state index contributed by atoms with van der Waals surface area (Å²) in [5.74, 6) is 1.26. The smallest absolute Gasteiger partial charge is 0.221 e. The van der Waals surface area contributed by atoms with Crippen LogP contribution in [0.1, 0.15) is 25.0 Å². The topological polar surface area (TPSA) is 66.0 Å². The largest absolute Gasteiger partial charge is 0.495 e. The van der Waals surface area contributed by atoms with Crippen LogP contribution in [0.5, 0.6) is 5.75 Å². The summed E-state index contributed by atoms with van der Waals surface area (Å²) >= 11 is 6.08. The quantitative estimate of drug-likeness (QED) is 0.314. The van der Waals surface area contributed by atoms with Crippen LogP contribution in [0.25, 0.3) is 0 Å². The summed E-state index contributed by atoms with van der Waals surface area (Å²) in [5, 5.41) is 6.81. The number of nitrogens with zero attached hydrogens (tertiary/aromatic N) is 2. The Morgan fingerprint density at radius 3 is 2.59 bits per heavy atom. The van der Waals surface area contributed by atoms with Crippen molar-refractivity contribution >= 4 is 53.1 Å². The summed E-state index contributed by atoms with van der Waals surface area (Å²) in [6, 6.07) is 13.4. The van der Waals surface area contributed by atoms with Gasteiger partial charge >= 0.3 is 0 Å². The van der Waals surface area contributed by atoms with Crippen molar-refractivity contribution < 1.29 is 9.53 Å². The van der Waals surface area contributed by atoms with Gasteiger partial charge in [-0.2, -0.15) is 0 Å². The van der Waals surface area contributed by atoms with Crippen LogP contribution < -0.4 is 15.4 Å². The molecule has 2 aromatic rings. The second-order valence-electron chi connectivity index (χ2n) is 6.37. The molecule has 0 atom stereocenters. The van der Waals surface area contributed by atoms with Crippen LogP contribution in [0.4, 0.5) is 5.69 Å². The zero-order valence-corrected chi connectivity index (χ0v) is 20.2. The standard InChI is InChI=1S/C21H27ClN4O2.HI/c1-5-23-21(26(3)14-17-7-6-8-18(22)11-17)24-13-16-9-10-20(28-4)19(12-16)25-15(2)27;/h6-12H,5,13-14H2,1-4H3,(H,23,24)(H,25,27);1H. The first kappa shape index (κ1) is 25.0. The van der Waals surface area contributed by atoms with Gasteiger partial charge in [0, 0.05) is 32.1 Å². The fourth-order valence-electron chi connectivity index (χ4n) is 2.76. The number of hydrogen-bond donors (Lipinski definition) is 2. The van der Waals surface area contributed by atoms with Crippen molar-refractivity contribution in [2.75, 3.05) is 26.0 Å². The highest BCUT2D eigenvalue weighted by molar-refractivity contribution is 14.0. The van der Waals surface area contributed by atoms with Crippen molar-refractivity contribution in [1.29, 1.82) is 0 Å². The van der Waals surface area contributed by atoms with Gasteiger partial charge in [-0.25, -0.2) is 4.99 Å². The van der Waals surface area contributed by atoms with E-state index in [1.165, 1.54) is 6.92 Å². The highest BCUT2D eigenvalue weighted by atomic mass is 127. The molecule has 0 saturated carbocycles. The average Bonchev–Trinajstić information content (AvgIpc) is 2.64. The van der Waals surface area contributed by atoms with Gasteiger partial charge in [0.2, 0.25) is 5.91 Å². The summed E-state index contributed by atoms with van der Waals surface area (Å²) in [5.41, 5.74) is 2.72. The molecule has 0 fully saturated rings. The number of aliphatic imine (C=N–C) groups is 1. The summed E-state index contributed by atoms with van der Waals surface area (Å²) in [6.45, 7) is 5.42. The number of anilines is 1. The Balaban J connectivity index is 0.00000420. The van der Waals surface area contributed by atoms with E-state index >= 15 is 0 Å². The molecule has 2 aromatic carbocycles. The molecule has 0 spiro atoms. The van der Waals surface area contributed by atoms with E-state index in [1.54, 1.807) is 7.11 Å². The molecule has 0 bridgehead atoms. The van der Waals surface area contributed by atoms with Gasteiger partial charge in [0.05, 0.1) is 19.3 Å². The molecule has 2 N–H and O–H groups in total. The van der Waals surface area contributed by atoms with E-state index in [0.29, 0.717) is 24.5 Å². The summed E-state index contributed by atoms with van der Waals surface area (Å²) in [4.78, 5) is 18.2. The maximum absolute atomic E-state index is 11.4. The summed E-state index contributed by atoms with van der Waals surface area (Å²) in [7, 11) is 3.56. The summed E-state index contributed by atoms with van der Waals surface area (Å²) < 4.78 is 5.30. The van der Waals surface area contributed by atoms with Gasteiger partial charge in [-0.1, -0.05) is 29.8 Å². The Morgan fingerprint density at radius 1 is 1.21 bits per heavy atom. The van der Waals surface area contributed by atoms with Crippen LogP contribution in [0.3, 0.4) is 0 Å². The van der Waals surface area contributed by atoms with Gasteiger partial charge in [-0.05, 0) is 42.3 Å². The molecule has 0 unspecified atom stereocenters. The van der Waals surface area contributed by atoms with Crippen molar-refractivity contribution in [2.45, 2.75) is 26.9 Å². The predicted octanol–water partition coefficient (Wildman–Crippen LogP) is 4.52. The molecule has 0 saturated heterocycles. The number of carbonyl (C=O) groups excluding carboxylic acids is 1. The molecule has 0 aromatic heterocycles. The number of methoxy groups -OCH3 is 1. The Hall–Kier alpha value is -2.00. The predicted molar refractivity (Wildman–Crippen MR) is 130 cm³/mol. The van der Waals surface area contributed by atoms with Crippen molar-refractivity contribution in [3.8, 4) is 5.75 Å². The molecular formula is C21H28ClIN4O2. The number of benzene rings is 2. The third-order valence-corrected chi connectivity index (χ3v) is 4.23. The number of ether oxygens (including phenoxy) is 1. The fourth-order valence-corrected chi connectivity index (χ4v) is 2.97. The number of guanidine groups is 1. The van der Waals surface area contributed by atoms with Crippen LogP contribution in [-0.4, -0.2) is 37.5 Å². The first-order chi connectivity index (χ1) is 13.4. The average molecular weight is 531 g/mol. The molecule has 0 heterocycles. The zero-order chi connectivity index (χ0) is 20.5. The third kappa shape index (κ3) is 8.10. The Labute approximate surface area is 194 Å². The molecule has 1 amide bonds. The van der Waals surface area contributed by atoms with Crippen LogP contribution in [0.15, 0.2) is 47.5 Å². The molecule has 158 valence electrons. The van der Waals surface area contributed by atoms with Crippen LogP contribution in [0.2, 0.25) is 5.02 Å². The number of hydrogen-bond acceptors (Lipinski definition) is 3. The maximum Gasteiger partial charge on any atom is 0.221 e. The Morgan fingerprint density at radius 2 is 1.97 bits per heavy atom. The van der Waals surface area contributed by atoms with E-state index < -0.39 is 0 Å². The second kappa shape index (κ2) is 12.5. The van der Waals surface area contributed by atoms with Gasteiger partial charge < -0.3 is 20.3 Å². The normalized spacial score (nSPS) is 10.7. The lowest BCUT2D eigenvalue weighted by Crippen LogP contribution is -2.38. The number of rotatable bonds is 7. The summed E-state index contributed by atoms with van der Waals surface area (Å²) in [6.07, 6.45) is 0. The molecule has 0 aliphatic carbocycles. The maximum atomic E-state index is 11.4. The minimum absolute atomic E-state index is 0. The van der Waals surface area contributed by atoms with E-state index in [-0.39, 0.29) is 29.9 Å². The van der Waals surface area contributed by atoms with E-state index in [0.717, 1.165) is 28.7 Å². The van der Waals surface area contributed by atoms with E-state index in [9.17, 15) is 4.79 Å². The lowest BCUT2D eigenvalue weighted by Gasteiger charge is -2.22. The molecule has 0 radical (unpaired) electrons. The molecule has 0 aliphatic heterocycles. The van der Waals surface area contributed by atoms with Crippen molar-refractivity contribution in [3.63, 3.8) is 0 Å². The number of carbonyl (C=O) groups is 1. The third-order valence-electron chi connectivity index (χ3n) is 3.99.